The quantitative estimate of drug-likeness (QED) is 0.795. The SMILES string of the molecule is Cn1ccc(CNC2c3ccccc3-c3ccccc32)n1. The molecule has 3 aromatic rings. The van der Waals surface area contributed by atoms with Gasteiger partial charge in [0.15, 0.2) is 0 Å². The number of fused-ring (bicyclic) bond motifs is 3. The normalized spacial score (nSPS) is 13.2. The maximum Gasteiger partial charge on any atom is 0.0762 e. The fraction of sp³-hybridized carbons (Fsp3) is 0.167. The van der Waals surface area contributed by atoms with E-state index < -0.39 is 0 Å². The van der Waals surface area contributed by atoms with Crippen molar-refractivity contribution in [3.8, 4) is 11.1 Å². The second-order valence-corrected chi connectivity index (χ2v) is 5.47. The van der Waals surface area contributed by atoms with E-state index in [0.29, 0.717) is 0 Å². The molecule has 1 aliphatic carbocycles. The Kier molecular flexibility index (Phi) is 2.86. The van der Waals surface area contributed by atoms with Crippen LogP contribution in [0.25, 0.3) is 11.1 Å². The zero-order valence-corrected chi connectivity index (χ0v) is 12.0. The van der Waals surface area contributed by atoms with Gasteiger partial charge in [0, 0.05) is 19.8 Å². The first-order valence-corrected chi connectivity index (χ1v) is 7.23. The molecule has 104 valence electrons. The van der Waals surface area contributed by atoms with Crippen LogP contribution in [0.5, 0.6) is 0 Å². The summed E-state index contributed by atoms with van der Waals surface area (Å²) in [6.07, 6.45) is 1.98. The highest BCUT2D eigenvalue weighted by Gasteiger charge is 2.27. The van der Waals surface area contributed by atoms with Crippen LogP contribution in [-0.2, 0) is 13.6 Å². The molecule has 0 spiro atoms. The summed E-state index contributed by atoms with van der Waals surface area (Å²) < 4.78 is 1.84. The van der Waals surface area contributed by atoms with Crippen molar-refractivity contribution in [1.82, 2.24) is 15.1 Å². The lowest BCUT2D eigenvalue weighted by atomic mass is 10.1. The predicted octanol–water partition coefficient (Wildman–Crippen LogP) is 3.28. The van der Waals surface area contributed by atoms with Crippen LogP contribution in [0, 0.1) is 0 Å². The molecule has 1 heterocycles. The van der Waals surface area contributed by atoms with Crippen molar-refractivity contribution in [2.75, 3.05) is 0 Å². The molecule has 0 saturated heterocycles. The number of aromatic nitrogens is 2. The average molecular weight is 275 g/mol. The smallest absolute Gasteiger partial charge is 0.0762 e. The summed E-state index contributed by atoms with van der Waals surface area (Å²) in [5.74, 6) is 0. The molecule has 1 N–H and O–H groups in total. The zero-order valence-electron chi connectivity index (χ0n) is 12.0. The van der Waals surface area contributed by atoms with E-state index in [-0.39, 0.29) is 6.04 Å². The molecule has 0 unspecified atom stereocenters. The van der Waals surface area contributed by atoms with Crippen molar-refractivity contribution in [3.05, 3.63) is 77.6 Å². The lowest BCUT2D eigenvalue weighted by Gasteiger charge is -2.15. The van der Waals surface area contributed by atoms with E-state index >= 15 is 0 Å². The third kappa shape index (κ3) is 2.06. The van der Waals surface area contributed by atoms with E-state index in [9.17, 15) is 0 Å². The maximum absolute atomic E-state index is 4.44. The molecule has 2 aromatic carbocycles. The van der Waals surface area contributed by atoms with E-state index in [2.05, 4.69) is 65.0 Å². The van der Waals surface area contributed by atoms with Crippen molar-refractivity contribution in [2.45, 2.75) is 12.6 Å². The Bertz CT molecular complexity index is 743. The number of rotatable bonds is 3. The second-order valence-electron chi connectivity index (χ2n) is 5.47. The highest BCUT2D eigenvalue weighted by molar-refractivity contribution is 5.78. The van der Waals surface area contributed by atoms with Crippen molar-refractivity contribution in [3.63, 3.8) is 0 Å². The minimum absolute atomic E-state index is 0.249. The summed E-state index contributed by atoms with van der Waals surface area (Å²) in [7, 11) is 1.95. The number of hydrogen-bond acceptors (Lipinski definition) is 2. The molecule has 3 heteroatoms. The second kappa shape index (κ2) is 4.86. The molecule has 0 amide bonds. The Labute approximate surface area is 124 Å². The highest BCUT2D eigenvalue weighted by Crippen LogP contribution is 2.42. The molecule has 0 atom stereocenters. The third-order valence-corrected chi connectivity index (χ3v) is 4.09. The largest absolute Gasteiger partial charge is 0.300 e. The Morgan fingerprint density at radius 3 is 2.14 bits per heavy atom. The summed E-state index contributed by atoms with van der Waals surface area (Å²) in [4.78, 5) is 0. The minimum atomic E-state index is 0.249. The standard InChI is InChI=1S/C18H17N3/c1-21-11-10-13(20-21)12-19-18-16-8-4-2-6-14(16)15-7-3-5-9-17(15)18/h2-11,18-19H,12H2,1H3. The Balaban J connectivity index is 1.68. The monoisotopic (exact) mass is 275 g/mol. The molecule has 0 bridgehead atoms. The van der Waals surface area contributed by atoms with Gasteiger partial charge in [0.2, 0.25) is 0 Å². The van der Waals surface area contributed by atoms with Gasteiger partial charge in [-0.3, -0.25) is 4.68 Å². The molecule has 3 nitrogen and oxygen atoms in total. The van der Waals surface area contributed by atoms with E-state index in [1.165, 1.54) is 22.3 Å². The van der Waals surface area contributed by atoms with Crippen LogP contribution in [0.15, 0.2) is 60.8 Å². The van der Waals surface area contributed by atoms with Gasteiger partial charge in [-0.2, -0.15) is 5.10 Å². The minimum Gasteiger partial charge on any atom is -0.300 e. The van der Waals surface area contributed by atoms with Gasteiger partial charge in [0.1, 0.15) is 0 Å². The maximum atomic E-state index is 4.44. The van der Waals surface area contributed by atoms with Crippen molar-refractivity contribution < 1.29 is 0 Å². The molecule has 0 radical (unpaired) electrons. The van der Waals surface area contributed by atoms with Gasteiger partial charge in [0.25, 0.3) is 0 Å². The van der Waals surface area contributed by atoms with Crippen LogP contribution >= 0.6 is 0 Å². The summed E-state index contributed by atoms with van der Waals surface area (Å²) >= 11 is 0. The van der Waals surface area contributed by atoms with Crippen molar-refractivity contribution in [2.24, 2.45) is 7.05 Å². The van der Waals surface area contributed by atoms with Crippen LogP contribution in [0.3, 0.4) is 0 Å². The highest BCUT2D eigenvalue weighted by atomic mass is 15.3. The molecule has 0 fully saturated rings. The van der Waals surface area contributed by atoms with Crippen molar-refractivity contribution >= 4 is 0 Å². The van der Waals surface area contributed by atoms with E-state index in [0.717, 1.165) is 12.2 Å². The van der Waals surface area contributed by atoms with Gasteiger partial charge in [-0.15, -0.1) is 0 Å². The topological polar surface area (TPSA) is 29.9 Å². The van der Waals surface area contributed by atoms with E-state index in [1.54, 1.807) is 0 Å². The molecule has 0 aliphatic heterocycles. The molecule has 0 saturated carbocycles. The summed E-state index contributed by atoms with van der Waals surface area (Å²) in [6, 6.07) is 19.6. The van der Waals surface area contributed by atoms with Gasteiger partial charge in [-0.05, 0) is 28.3 Å². The molecular formula is C18H17N3. The molecule has 1 aromatic heterocycles. The van der Waals surface area contributed by atoms with E-state index in [1.807, 2.05) is 17.9 Å². The summed E-state index contributed by atoms with van der Waals surface area (Å²) in [5.41, 5.74) is 6.46. The van der Waals surface area contributed by atoms with Crippen LogP contribution < -0.4 is 5.32 Å². The van der Waals surface area contributed by atoms with Gasteiger partial charge < -0.3 is 5.32 Å². The van der Waals surface area contributed by atoms with Crippen LogP contribution in [0.2, 0.25) is 0 Å². The van der Waals surface area contributed by atoms with Crippen LogP contribution in [0.4, 0.5) is 0 Å². The Hall–Kier alpha value is -2.39. The van der Waals surface area contributed by atoms with Gasteiger partial charge >= 0.3 is 0 Å². The van der Waals surface area contributed by atoms with E-state index in [4.69, 9.17) is 0 Å². The summed E-state index contributed by atoms with van der Waals surface area (Å²) in [6.45, 7) is 0.772. The first-order chi connectivity index (χ1) is 10.3. The van der Waals surface area contributed by atoms with Crippen LogP contribution in [-0.4, -0.2) is 9.78 Å². The van der Waals surface area contributed by atoms with Gasteiger partial charge in [-0.25, -0.2) is 0 Å². The van der Waals surface area contributed by atoms with Gasteiger partial charge in [-0.1, -0.05) is 48.5 Å². The average Bonchev–Trinajstić information content (AvgIpc) is 3.07. The van der Waals surface area contributed by atoms with Gasteiger partial charge in [0.05, 0.1) is 11.7 Å². The Morgan fingerprint density at radius 2 is 1.57 bits per heavy atom. The Morgan fingerprint density at radius 1 is 0.952 bits per heavy atom. The van der Waals surface area contributed by atoms with Crippen molar-refractivity contribution in [1.29, 1.82) is 0 Å². The molecule has 1 aliphatic rings. The number of hydrogen-bond donors (Lipinski definition) is 1. The number of benzene rings is 2. The first kappa shape index (κ1) is 12.4. The number of aryl methyl sites for hydroxylation is 1. The lowest BCUT2D eigenvalue weighted by molar-refractivity contribution is 0.597. The molecule has 4 rings (SSSR count). The lowest BCUT2D eigenvalue weighted by Crippen LogP contribution is -2.20. The fourth-order valence-electron chi connectivity index (χ4n) is 3.14. The third-order valence-electron chi connectivity index (χ3n) is 4.09. The first-order valence-electron chi connectivity index (χ1n) is 7.23. The molecular weight excluding hydrogens is 258 g/mol. The summed E-state index contributed by atoms with van der Waals surface area (Å²) in [5, 5.41) is 8.09. The predicted molar refractivity (Wildman–Crippen MR) is 83.8 cm³/mol. The zero-order chi connectivity index (χ0) is 14.2. The fourth-order valence-corrected chi connectivity index (χ4v) is 3.14. The number of nitrogens with one attached hydrogen (secondary N) is 1. The van der Waals surface area contributed by atoms with Crippen LogP contribution in [0.1, 0.15) is 22.9 Å². The molecule has 21 heavy (non-hydrogen) atoms. The number of nitrogens with zero attached hydrogens (tertiary/aromatic N) is 2.